The number of carbonyl (C=O) groups excluding carboxylic acids is 1. The summed E-state index contributed by atoms with van der Waals surface area (Å²) >= 11 is 0. The number of amides is 1. The normalized spacial score (nSPS) is 17.9. The molecule has 0 saturated carbocycles. The lowest BCUT2D eigenvalue weighted by molar-refractivity contribution is -0.137. The number of rotatable bonds is 5. The first-order valence-corrected chi connectivity index (χ1v) is 10.1. The Morgan fingerprint density at radius 3 is 2.55 bits per heavy atom. The largest absolute Gasteiger partial charge is 0.473 e. The molecule has 1 N–H and O–H groups in total. The first-order valence-electron chi connectivity index (χ1n) is 8.63. The van der Waals surface area contributed by atoms with E-state index in [1.165, 1.54) is 35.5 Å². The Kier molecular flexibility index (Phi) is 5.80. The van der Waals surface area contributed by atoms with Gasteiger partial charge in [0.2, 0.25) is 21.8 Å². The van der Waals surface area contributed by atoms with Crippen molar-refractivity contribution in [2.45, 2.75) is 30.5 Å². The van der Waals surface area contributed by atoms with Crippen molar-refractivity contribution in [2.75, 3.05) is 18.4 Å². The van der Waals surface area contributed by atoms with E-state index in [1.807, 2.05) is 0 Å². The number of hydrogen-bond donors (Lipinski definition) is 1. The Hall–Kier alpha value is -2.66. The minimum Gasteiger partial charge on any atom is -0.473 e. The van der Waals surface area contributed by atoms with Crippen LogP contribution in [0.15, 0.2) is 47.5 Å². The molecular weight excluding hydrogens is 411 g/mol. The fraction of sp³-hybridized carbons (Fsp3) is 0.333. The molecule has 0 unspecified atom stereocenters. The van der Waals surface area contributed by atoms with Crippen molar-refractivity contribution < 1.29 is 31.1 Å². The van der Waals surface area contributed by atoms with Crippen LogP contribution < -0.4 is 10.1 Å². The van der Waals surface area contributed by atoms with Gasteiger partial charge < -0.3 is 10.1 Å². The summed E-state index contributed by atoms with van der Waals surface area (Å²) < 4.78 is 70.6. The van der Waals surface area contributed by atoms with Gasteiger partial charge in [-0.15, -0.1) is 0 Å². The lowest BCUT2D eigenvalue weighted by Gasteiger charge is -2.17. The average Bonchev–Trinajstić information content (AvgIpc) is 3.10. The predicted octanol–water partition coefficient (Wildman–Crippen LogP) is 2.90. The lowest BCUT2D eigenvalue weighted by Crippen LogP contribution is -2.31. The van der Waals surface area contributed by atoms with Crippen LogP contribution in [-0.4, -0.2) is 42.8 Å². The molecule has 2 aromatic rings. The van der Waals surface area contributed by atoms with Crippen LogP contribution in [0, 0.1) is 0 Å². The summed E-state index contributed by atoms with van der Waals surface area (Å²) in [5, 5.41) is 2.55. The molecule has 1 aromatic carbocycles. The van der Waals surface area contributed by atoms with E-state index in [0.29, 0.717) is 12.1 Å². The van der Waals surface area contributed by atoms with Crippen LogP contribution in [0.5, 0.6) is 5.88 Å². The van der Waals surface area contributed by atoms with Gasteiger partial charge in [-0.25, -0.2) is 13.4 Å². The molecule has 0 aliphatic carbocycles. The molecule has 29 heavy (non-hydrogen) atoms. The Balaban J connectivity index is 1.68. The number of hydrogen-bond acceptors (Lipinski definition) is 5. The van der Waals surface area contributed by atoms with Crippen LogP contribution in [-0.2, 0) is 21.0 Å². The minimum absolute atomic E-state index is 0.00624. The van der Waals surface area contributed by atoms with Crippen LogP contribution >= 0.6 is 0 Å². The summed E-state index contributed by atoms with van der Waals surface area (Å²) in [5.41, 5.74) is -0.418. The molecule has 11 heteroatoms. The summed E-state index contributed by atoms with van der Waals surface area (Å²) in [6.45, 7) is 1.50. The number of sulfonamides is 1. The predicted molar refractivity (Wildman–Crippen MR) is 97.8 cm³/mol. The van der Waals surface area contributed by atoms with E-state index in [2.05, 4.69) is 10.3 Å². The van der Waals surface area contributed by atoms with E-state index in [1.54, 1.807) is 0 Å². The fourth-order valence-corrected chi connectivity index (χ4v) is 4.38. The van der Waals surface area contributed by atoms with Crippen molar-refractivity contribution in [3.63, 3.8) is 0 Å². The lowest BCUT2D eigenvalue weighted by atomic mass is 10.2. The zero-order valence-electron chi connectivity index (χ0n) is 15.3. The van der Waals surface area contributed by atoms with Gasteiger partial charge in [0, 0.05) is 31.4 Å². The number of carbonyl (C=O) groups is 1. The van der Waals surface area contributed by atoms with Crippen LogP contribution in [0.25, 0.3) is 0 Å². The Morgan fingerprint density at radius 2 is 1.93 bits per heavy atom. The summed E-state index contributed by atoms with van der Waals surface area (Å²) in [6, 6.07) is 7.34. The topological polar surface area (TPSA) is 88.6 Å². The number of anilines is 1. The summed E-state index contributed by atoms with van der Waals surface area (Å²) in [7, 11) is -3.80. The number of benzene rings is 1. The highest BCUT2D eigenvalue weighted by atomic mass is 32.2. The van der Waals surface area contributed by atoms with E-state index < -0.39 is 27.9 Å². The molecule has 0 bridgehead atoms. The van der Waals surface area contributed by atoms with Crippen molar-refractivity contribution in [3.05, 3.63) is 48.2 Å². The monoisotopic (exact) mass is 429 g/mol. The van der Waals surface area contributed by atoms with Gasteiger partial charge in [0.15, 0.2) is 0 Å². The third-order valence-corrected chi connectivity index (χ3v) is 6.15. The maximum Gasteiger partial charge on any atom is 0.416 e. The van der Waals surface area contributed by atoms with Crippen LogP contribution in [0.2, 0.25) is 0 Å². The van der Waals surface area contributed by atoms with Crippen LogP contribution in [0.3, 0.4) is 0 Å². The molecule has 1 saturated heterocycles. The summed E-state index contributed by atoms with van der Waals surface area (Å²) in [5.74, 6) is -0.480. The number of nitrogens with one attached hydrogen (secondary N) is 1. The molecular formula is C18H18F3N3O4S. The van der Waals surface area contributed by atoms with Gasteiger partial charge in [-0.05, 0) is 36.8 Å². The molecule has 1 aromatic heterocycles. The molecule has 1 aliphatic rings. The summed E-state index contributed by atoms with van der Waals surface area (Å²) in [4.78, 5) is 14.9. The molecule has 1 amide bonds. The quantitative estimate of drug-likeness (QED) is 0.790. The molecule has 2 heterocycles. The SMILES string of the molecule is CC(=O)Nc1ccc(S(=O)(=O)N2CC[C@H](Oc3cc(C(F)(F)F)ccn3)C2)cc1. The van der Waals surface area contributed by atoms with E-state index in [9.17, 15) is 26.4 Å². The molecule has 156 valence electrons. The van der Waals surface area contributed by atoms with E-state index in [0.717, 1.165) is 18.3 Å². The van der Waals surface area contributed by atoms with Crippen molar-refractivity contribution in [2.24, 2.45) is 0 Å². The molecule has 0 radical (unpaired) electrons. The number of nitrogens with zero attached hydrogens (tertiary/aromatic N) is 2. The number of halogens is 3. The average molecular weight is 429 g/mol. The van der Waals surface area contributed by atoms with Crippen molar-refractivity contribution in [3.8, 4) is 5.88 Å². The Bertz CT molecular complexity index is 994. The zero-order chi connectivity index (χ0) is 21.2. The number of aromatic nitrogens is 1. The minimum atomic E-state index is -4.52. The Morgan fingerprint density at radius 1 is 1.24 bits per heavy atom. The molecule has 3 rings (SSSR count). The maximum atomic E-state index is 12.8. The van der Waals surface area contributed by atoms with Crippen molar-refractivity contribution in [1.29, 1.82) is 0 Å². The van der Waals surface area contributed by atoms with Crippen molar-refractivity contribution >= 4 is 21.6 Å². The second-order valence-electron chi connectivity index (χ2n) is 6.48. The first-order chi connectivity index (χ1) is 13.6. The highest BCUT2D eigenvalue weighted by molar-refractivity contribution is 7.89. The third-order valence-electron chi connectivity index (χ3n) is 4.27. The van der Waals surface area contributed by atoms with Gasteiger partial charge in [-0.1, -0.05) is 0 Å². The number of alkyl halides is 3. The zero-order valence-corrected chi connectivity index (χ0v) is 16.1. The first kappa shape index (κ1) is 21.1. The smallest absolute Gasteiger partial charge is 0.416 e. The van der Waals surface area contributed by atoms with E-state index in [-0.39, 0.29) is 29.8 Å². The molecule has 1 atom stereocenters. The Labute approximate surface area is 165 Å². The molecule has 1 fully saturated rings. The molecule has 1 aliphatic heterocycles. The highest BCUT2D eigenvalue weighted by Crippen LogP contribution is 2.31. The van der Waals surface area contributed by atoms with Gasteiger partial charge in [-0.3, -0.25) is 4.79 Å². The van der Waals surface area contributed by atoms with Gasteiger partial charge in [0.25, 0.3) is 0 Å². The number of pyridine rings is 1. The molecule has 7 nitrogen and oxygen atoms in total. The standard InChI is InChI=1S/C18H18F3N3O4S/c1-12(25)23-14-2-4-16(5-3-14)29(26,27)24-9-7-15(11-24)28-17-10-13(6-8-22-17)18(19,20)21/h2-6,8,10,15H,7,9,11H2,1H3,(H,23,25)/t15-/m0/s1. The second-order valence-corrected chi connectivity index (χ2v) is 8.42. The van der Waals surface area contributed by atoms with Crippen LogP contribution in [0.4, 0.5) is 18.9 Å². The summed E-state index contributed by atoms with van der Waals surface area (Å²) in [6.07, 6.45) is -3.81. The number of ether oxygens (including phenoxy) is 1. The van der Waals surface area contributed by atoms with Gasteiger partial charge >= 0.3 is 6.18 Å². The molecule has 0 spiro atoms. The second kappa shape index (κ2) is 7.99. The van der Waals surface area contributed by atoms with Gasteiger partial charge in [-0.2, -0.15) is 17.5 Å². The van der Waals surface area contributed by atoms with Gasteiger partial charge in [0.05, 0.1) is 17.0 Å². The fourth-order valence-electron chi connectivity index (χ4n) is 2.90. The van der Waals surface area contributed by atoms with Crippen molar-refractivity contribution in [1.82, 2.24) is 9.29 Å². The van der Waals surface area contributed by atoms with Gasteiger partial charge in [0.1, 0.15) is 6.10 Å². The maximum absolute atomic E-state index is 12.8. The highest BCUT2D eigenvalue weighted by Gasteiger charge is 2.35. The third kappa shape index (κ3) is 5.04. The van der Waals surface area contributed by atoms with Crippen LogP contribution in [0.1, 0.15) is 18.9 Å². The van der Waals surface area contributed by atoms with E-state index >= 15 is 0 Å². The van der Waals surface area contributed by atoms with E-state index in [4.69, 9.17) is 4.74 Å².